The third-order valence-electron chi connectivity index (χ3n) is 4.10. The van der Waals surface area contributed by atoms with E-state index in [0.29, 0.717) is 12.5 Å². The van der Waals surface area contributed by atoms with E-state index in [1.54, 1.807) is 6.20 Å². The number of rotatable bonds is 4. The lowest BCUT2D eigenvalue weighted by Crippen LogP contribution is -2.16. The minimum Gasteiger partial charge on any atom is -0.349 e. The van der Waals surface area contributed by atoms with Gasteiger partial charge in [0.05, 0.1) is 6.20 Å². The second-order valence-corrected chi connectivity index (χ2v) is 6.02. The molecule has 0 aliphatic carbocycles. The predicted molar refractivity (Wildman–Crippen MR) is 95.8 cm³/mol. The smallest absolute Gasteiger partial charge is 0.244 e. The first-order valence-electron chi connectivity index (χ1n) is 7.84. The summed E-state index contributed by atoms with van der Waals surface area (Å²) in [5.74, 6) is 1.30. The van der Waals surface area contributed by atoms with Crippen LogP contribution in [0.25, 0.3) is 0 Å². The zero-order valence-corrected chi connectivity index (χ0v) is 13.7. The summed E-state index contributed by atoms with van der Waals surface area (Å²) in [6.07, 6.45) is 2.71. The van der Waals surface area contributed by atoms with Gasteiger partial charge in [-0.05, 0) is 29.7 Å². The molecule has 2 heterocycles. The molecule has 0 amide bonds. The number of halogens is 1. The first-order chi connectivity index (χ1) is 11.8. The molecule has 1 aromatic heterocycles. The molecular formula is C18H16ClN5. The van der Waals surface area contributed by atoms with Crippen molar-refractivity contribution in [1.29, 1.82) is 0 Å². The van der Waals surface area contributed by atoms with E-state index < -0.39 is 0 Å². The van der Waals surface area contributed by atoms with E-state index in [9.17, 15) is 0 Å². The van der Waals surface area contributed by atoms with E-state index in [0.717, 1.165) is 29.4 Å². The molecule has 0 bridgehead atoms. The van der Waals surface area contributed by atoms with E-state index in [-0.39, 0.29) is 0 Å². The molecule has 4 rings (SSSR count). The molecule has 0 unspecified atom stereocenters. The van der Waals surface area contributed by atoms with Crippen LogP contribution in [0.3, 0.4) is 0 Å². The van der Waals surface area contributed by atoms with Crippen LogP contribution in [-0.4, -0.2) is 21.7 Å². The molecule has 0 saturated heterocycles. The topological polar surface area (TPSA) is 53.9 Å². The number of hydrogen-bond acceptors (Lipinski definition) is 5. The largest absolute Gasteiger partial charge is 0.349 e. The first kappa shape index (κ1) is 14.9. The van der Waals surface area contributed by atoms with Crippen molar-refractivity contribution in [2.75, 3.05) is 16.8 Å². The first-order valence-corrected chi connectivity index (χ1v) is 8.21. The van der Waals surface area contributed by atoms with Gasteiger partial charge in [0.25, 0.3) is 0 Å². The quantitative estimate of drug-likeness (QED) is 0.784. The van der Waals surface area contributed by atoms with E-state index >= 15 is 0 Å². The highest BCUT2D eigenvalue weighted by atomic mass is 35.5. The van der Waals surface area contributed by atoms with Crippen LogP contribution in [0.15, 0.2) is 54.7 Å². The molecule has 0 fully saturated rings. The Hall–Kier alpha value is -2.66. The van der Waals surface area contributed by atoms with Crippen molar-refractivity contribution in [1.82, 2.24) is 15.2 Å². The Kier molecular flexibility index (Phi) is 4.01. The van der Waals surface area contributed by atoms with Crippen molar-refractivity contribution in [2.45, 2.75) is 13.0 Å². The zero-order chi connectivity index (χ0) is 16.4. The Morgan fingerprint density at radius 3 is 2.83 bits per heavy atom. The van der Waals surface area contributed by atoms with Crippen molar-refractivity contribution >= 4 is 29.1 Å². The molecule has 0 radical (unpaired) electrons. The fraction of sp³-hybridized carbons (Fsp3) is 0.167. The van der Waals surface area contributed by atoms with Gasteiger partial charge in [-0.25, -0.2) is 0 Å². The fourth-order valence-corrected chi connectivity index (χ4v) is 3.09. The molecular weight excluding hydrogens is 322 g/mol. The molecule has 2 aromatic carbocycles. The summed E-state index contributed by atoms with van der Waals surface area (Å²) in [6.45, 7) is 1.46. The van der Waals surface area contributed by atoms with Crippen LogP contribution in [0.1, 0.15) is 11.1 Å². The van der Waals surface area contributed by atoms with Gasteiger partial charge < -0.3 is 10.2 Å². The molecule has 1 aliphatic heterocycles. The Balaban J connectivity index is 1.54. The van der Waals surface area contributed by atoms with E-state index in [1.165, 1.54) is 11.3 Å². The number of nitrogens with one attached hydrogen (secondary N) is 1. The highest BCUT2D eigenvalue weighted by molar-refractivity contribution is 6.31. The van der Waals surface area contributed by atoms with Gasteiger partial charge in [0.1, 0.15) is 0 Å². The summed E-state index contributed by atoms with van der Waals surface area (Å²) in [7, 11) is 0. The second-order valence-electron chi connectivity index (χ2n) is 5.61. The molecule has 0 saturated carbocycles. The summed E-state index contributed by atoms with van der Waals surface area (Å²) >= 11 is 6.18. The second kappa shape index (κ2) is 6.45. The minimum absolute atomic E-state index is 0.497. The normalized spacial score (nSPS) is 13.0. The number of benzene rings is 2. The van der Waals surface area contributed by atoms with E-state index in [2.05, 4.69) is 43.6 Å². The maximum atomic E-state index is 6.18. The Labute approximate surface area is 145 Å². The molecule has 0 spiro atoms. The van der Waals surface area contributed by atoms with Crippen LogP contribution in [-0.2, 0) is 13.0 Å². The van der Waals surface area contributed by atoms with Crippen molar-refractivity contribution in [2.24, 2.45) is 0 Å². The summed E-state index contributed by atoms with van der Waals surface area (Å²) in [6, 6.07) is 16.1. The van der Waals surface area contributed by atoms with Gasteiger partial charge in [0, 0.05) is 23.8 Å². The number of nitrogens with zero attached hydrogens (tertiary/aromatic N) is 4. The average Bonchev–Trinajstić information content (AvgIpc) is 3.05. The molecule has 120 valence electrons. The Morgan fingerprint density at radius 2 is 1.92 bits per heavy atom. The summed E-state index contributed by atoms with van der Waals surface area (Å²) in [4.78, 5) is 6.77. The Morgan fingerprint density at radius 1 is 1.08 bits per heavy atom. The molecule has 1 aliphatic rings. The lowest BCUT2D eigenvalue weighted by molar-refractivity contribution is 0.904. The van der Waals surface area contributed by atoms with E-state index in [1.807, 2.05) is 30.3 Å². The highest BCUT2D eigenvalue weighted by Gasteiger charge is 2.21. The van der Waals surface area contributed by atoms with Gasteiger partial charge in [0.2, 0.25) is 5.95 Å². The highest BCUT2D eigenvalue weighted by Crippen LogP contribution is 2.32. The zero-order valence-electron chi connectivity index (χ0n) is 13.0. The third kappa shape index (κ3) is 2.90. The summed E-state index contributed by atoms with van der Waals surface area (Å²) < 4.78 is 0. The number of para-hydroxylation sites is 1. The monoisotopic (exact) mass is 337 g/mol. The van der Waals surface area contributed by atoms with Crippen LogP contribution in [0, 0.1) is 0 Å². The van der Waals surface area contributed by atoms with Gasteiger partial charge in [-0.3, -0.25) is 0 Å². The lowest BCUT2D eigenvalue weighted by Gasteiger charge is -2.18. The van der Waals surface area contributed by atoms with Gasteiger partial charge in [-0.15, -0.1) is 5.10 Å². The fourth-order valence-electron chi connectivity index (χ4n) is 2.89. The van der Waals surface area contributed by atoms with Crippen LogP contribution < -0.4 is 10.2 Å². The predicted octanol–water partition coefficient (Wildman–Crippen LogP) is 3.83. The average molecular weight is 338 g/mol. The Bertz CT molecular complexity index is 867. The van der Waals surface area contributed by atoms with Crippen LogP contribution in [0.4, 0.5) is 17.5 Å². The van der Waals surface area contributed by atoms with Gasteiger partial charge in [-0.1, -0.05) is 48.0 Å². The maximum Gasteiger partial charge on any atom is 0.244 e. The SMILES string of the molecule is Clc1ccccc1CNc1nncc(N2CCc3ccccc32)n1. The van der Waals surface area contributed by atoms with Crippen LogP contribution in [0.5, 0.6) is 0 Å². The summed E-state index contributed by atoms with van der Waals surface area (Å²) in [5.41, 5.74) is 3.52. The number of hydrogen-bond donors (Lipinski definition) is 1. The van der Waals surface area contributed by atoms with Crippen LogP contribution >= 0.6 is 11.6 Å². The number of fused-ring (bicyclic) bond motifs is 1. The van der Waals surface area contributed by atoms with Crippen molar-refractivity contribution < 1.29 is 0 Å². The van der Waals surface area contributed by atoms with E-state index in [4.69, 9.17) is 11.6 Å². The molecule has 5 nitrogen and oxygen atoms in total. The van der Waals surface area contributed by atoms with Crippen molar-refractivity contribution in [3.05, 3.63) is 70.9 Å². The van der Waals surface area contributed by atoms with Crippen LogP contribution in [0.2, 0.25) is 5.02 Å². The maximum absolute atomic E-state index is 6.18. The third-order valence-corrected chi connectivity index (χ3v) is 4.47. The minimum atomic E-state index is 0.497. The van der Waals surface area contributed by atoms with Crippen molar-refractivity contribution in [3.8, 4) is 0 Å². The summed E-state index contributed by atoms with van der Waals surface area (Å²) in [5, 5.41) is 12.1. The van der Waals surface area contributed by atoms with Gasteiger partial charge in [0.15, 0.2) is 5.82 Å². The van der Waals surface area contributed by atoms with Crippen molar-refractivity contribution in [3.63, 3.8) is 0 Å². The standard InChI is InChI=1S/C18H16ClN5/c19-15-7-3-1-6-14(15)11-20-18-22-17(12-21-23-18)24-10-9-13-5-2-4-8-16(13)24/h1-8,12H,9-11H2,(H,20,22,23). The molecule has 6 heteroatoms. The van der Waals surface area contributed by atoms with Gasteiger partial charge >= 0.3 is 0 Å². The molecule has 3 aromatic rings. The number of anilines is 3. The molecule has 1 N–H and O–H groups in total. The number of aromatic nitrogens is 3. The molecule has 24 heavy (non-hydrogen) atoms. The lowest BCUT2D eigenvalue weighted by atomic mass is 10.2. The molecule has 0 atom stereocenters. The van der Waals surface area contributed by atoms with Gasteiger partial charge in [-0.2, -0.15) is 10.1 Å².